The molecule has 5 heteroatoms. The van der Waals surface area contributed by atoms with E-state index in [0.29, 0.717) is 13.2 Å². The first kappa shape index (κ1) is 14.0. The Bertz CT molecular complexity index is 419. The highest BCUT2D eigenvalue weighted by molar-refractivity contribution is 5.93. The van der Waals surface area contributed by atoms with E-state index in [1.165, 1.54) is 0 Å². The Kier molecular flexibility index (Phi) is 4.90. The van der Waals surface area contributed by atoms with Gasteiger partial charge < -0.3 is 20.5 Å². The van der Waals surface area contributed by atoms with Gasteiger partial charge in [-0.25, -0.2) is 0 Å². The molecule has 0 radical (unpaired) electrons. The number of likely N-dealkylation sites (N-methyl/N-ethyl adjacent to an activating group) is 1. The van der Waals surface area contributed by atoms with E-state index in [1.54, 1.807) is 24.3 Å². The average Bonchev–Trinajstić information content (AvgIpc) is 2.88. The fourth-order valence-corrected chi connectivity index (χ4v) is 2.20. The van der Waals surface area contributed by atoms with Crippen molar-refractivity contribution in [2.75, 3.05) is 25.1 Å². The van der Waals surface area contributed by atoms with E-state index in [4.69, 9.17) is 9.84 Å². The van der Waals surface area contributed by atoms with Crippen LogP contribution in [0.25, 0.3) is 0 Å². The Morgan fingerprint density at radius 3 is 2.74 bits per heavy atom. The molecular weight excluding hydrogens is 244 g/mol. The molecule has 1 heterocycles. The first-order chi connectivity index (χ1) is 9.24. The van der Waals surface area contributed by atoms with Crippen LogP contribution in [0.4, 0.5) is 5.69 Å². The van der Waals surface area contributed by atoms with Crippen LogP contribution in [0, 0.1) is 5.92 Å². The van der Waals surface area contributed by atoms with Crippen LogP contribution in [0.15, 0.2) is 24.3 Å². The Labute approximate surface area is 113 Å². The summed E-state index contributed by atoms with van der Waals surface area (Å²) in [5, 5.41) is 15.1. The zero-order valence-corrected chi connectivity index (χ0v) is 11.1. The molecule has 0 saturated carbocycles. The molecule has 1 aliphatic heterocycles. The number of ether oxygens (including phenoxy) is 1. The second-order valence-electron chi connectivity index (χ2n) is 4.65. The van der Waals surface area contributed by atoms with E-state index in [2.05, 4.69) is 10.6 Å². The van der Waals surface area contributed by atoms with E-state index in [1.807, 2.05) is 6.92 Å². The Hall–Kier alpha value is -1.43. The lowest BCUT2D eigenvalue weighted by Crippen LogP contribution is -2.41. The molecule has 19 heavy (non-hydrogen) atoms. The predicted molar refractivity (Wildman–Crippen MR) is 72.8 cm³/mol. The van der Waals surface area contributed by atoms with Crippen molar-refractivity contribution in [3.63, 3.8) is 0 Å². The van der Waals surface area contributed by atoms with Gasteiger partial charge in [-0.3, -0.25) is 4.79 Å². The molecule has 0 aromatic heterocycles. The molecule has 3 N–H and O–H groups in total. The summed E-state index contributed by atoms with van der Waals surface area (Å²) in [4.78, 5) is 12.2. The molecule has 2 rings (SSSR count). The predicted octanol–water partition coefficient (Wildman–Crippen LogP) is 0.742. The number of carbonyl (C=O) groups is 1. The van der Waals surface area contributed by atoms with Gasteiger partial charge in [-0.1, -0.05) is 19.1 Å². The maximum atomic E-state index is 12.2. The van der Waals surface area contributed by atoms with E-state index in [0.717, 1.165) is 17.8 Å². The number of carbonyl (C=O) groups excluding carboxylic acids is 1. The van der Waals surface area contributed by atoms with Gasteiger partial charge in [0, 0.05) is 11.7 Å². The van der Waals surface area contributed by atoms with Crippen LogP contribution >= 0.6 is 0 Å². The summed E-state index contributed by atoms with van der Waals surface area (Å²) in [6.45, 7) is 3.88. The highest BCUT2D eigenvalue weighted by Gasteiger charge is 2.33. The van der Waals surface area contributed by atoms with E-state index in [9.17, 15) is 4.79 Å². The van der Waals surface area contributed by atoms with Crippen LogP contribution in [0.2, 0.25) is 0 Å². The summed E-state index contributed by atoms with van der Waals surface area (Å²) in [6, 6.07) is 7.26. The number of hydrogen-bond acceptors (Lipinski definition) is 4. The maximum Gasteiger partial charge on any atom is 0.231 e. The van der Waals surface area contributed by atoms with Gasteiger partial charge in [-0.05, 0) is 24.2 Å². The normalized spacial score (nSPS) is 22.4. The van der Waals surface area contributed by atoms with Gasteiger partial charge in [0.05, 0.1) is 25.7 Å². The maximum absolute atomic E-state index is 12.2. The Balaban J connectivity index is 1.95. The third kappa shape index (κ3) is 3.53. The van der Waals surface area contributed by atoms with Crippen LogP contribution in [0.3, 0.4) is 0 Å². The third-order valence-electron chi connectivity index (χ3n) is 3.29. The number of benzene rings is 1. The Morgan fingerprint density at radius 1 is 1.37 bits per heavy atom. The summed E-state index contributed by atoms with van der Waals surface area (Å²) in [5.41, 5.74) is 1.57. The van der Waals surface area contributed by atoms with Crippen molar-refractivity contribution >= 4 is 11.6 Å². The number of aliphatic hydroxyl groups is 1. The van der Waals surface area contributed by atoms with Crippen LogP contribution in [0.1, 0.15) is 12.5 Å². The van der Waals surface area contributed by atoms with Crippen molar-refractivity contribution in [2.45, 2.75) is 19.6 Å². The van der Waals surface area contributed by atoms with Gasteiger partial charge in [0.25, 0.3) is 0 Å². The standard InChI is InChI=1S/C14H20N2O3/c1-2-15-13-9-19-8-12(13)14(18)16-11-5-3-10(7-17)4-6-11/h3-6,12-13,15,17H,2,7-9H2,1H3,(H,16,18). The van der Waals surface area contributed by atoms with E-state index >= 15 is 0 Å². The lowest BCUT2D eigenvalue weighted by Gasteiger charge is -2.17. The number of rotatable bonds is 5. The quantitative estimate of drug-likeness (QED) is 0.733. The SMILES string of the molecule is CCNC1COCC1C(=O)Nc1ccc(CO)cc1. The second kappa shape index (κ2) is 6.65. The lowest BCUT2D eigenvalue weighted by molar-refractivity contribution is -0.120. The number of nitrogens with one attached hydrogen (secondary N) is 2. The zero-order valence-electron chi connectivity index (χ0n) is 11.1. The smallest absolute Gasteiger partial charge is 0.231 e. The number of amides is 1. The highest BCUT2D eigenvalue weighted by Crippen LogP contribution is 2.17. The van der Waals surface area contributed by atoms with E-state index in [-0.39, 0.29) is 24.5 Å². The van der Waals surface area contributed by atoms with Crippen molar-refractivity contribution in [1.29, 1.82) is 0 Å². The highest BCUT2D eigenvalue weighted by atomic mass is 16.5. The minimum Gasteiger partial charge on any atom is -0.392 e. The zero-order chi connectivity index (χ0) is 13.7. The van der Waals surface area contributed by atoms with Gasteiger partial charge in [0.1, 0.15) is 0 Å². The van der Waals surface area contributed by atoms with Crippen molar-refractivity contribution in [1.82, 2.24) is 5.32 Å². The summed E-state index contributed by atoms with van der Waals surface area (Å²) in [7, 11) is 0. The molecule has 5 nitrogen and oxygen atoms in total. The average molecular weight is 264 g/mol. The molecule has 1 aromatic rings. The number of anilines is 1. The summed E-state index contributed by atoms with van der Waals surface area (Å²) in [5.74, 6) is -0.183. The molecule has 2 unspecified atom stereocenters. The Morgan fingerprint density at radius 2 is 2.11 bits per heavy atom. The monoisotopic (exact) mass is 264 g/mol. The largest absolute Gasteiger partial charge is 0.392 e. The first-order valence-electron chi connectivity index (χ1n) is 6.56. The fourth-order valence-electron chi connectivity index (χ4n) is 2.20. The molecule has 1 saturated heterocycles. The van der Waals surface area contributed by atoms with Crippen molar-refractivity contribution in [2.24, 2.45) is 5.92 Å². The van der Waals surface area contributed by atoms with Gasteiger partial charge in [0.2, 0.25) is 5.91 Å². The van der Waals surface area contributed by atoms with Crippen LogP contribution in [-0.2, 0) is 16.1 Å². The minimum atomic E-state index is -0.155. The van der Waals surface area contributed by atoms with Crippen LogP contribution < -0.4 is 10.6 Å². The molecule has 1 aromatic carbocycles. The topological polar surface area (TPSA) is 70.6 Å². The molecule has 1 fully saturated rings. The number of aliphatic hydroxyl groups excluding tert-OH is 1. The molecule has 0 spiro atoms. The molecular formula is C14H20N2O3. The first-order valence-corrected chi connectivity index (χ1v) is 6.56. The van der Waals surface area contributed by atoms with Gasteiger partial charge in [-0.15, -0.1) is 0 Å². The van der Waals surface area contributed by atoms with Crippen LogP contribution in [-0.4, -0.2) is 36.8 Å². The van der Waals surface area contributed by atoms with Gasteiger partial charge >= 0.3 is 0 Å². The van der Waals surface area contributed by atoms with Crippen LogP contribution in [0.5, 0.6) is 0 Å². The molecule has 2 atom stereocenters. The molecule has 1 aliphatic rings. The summed E-state index contributed by atoms with van der Waals surface area (Å²) >= 11 is 0. The third-order valence-corrected chi connectivity index (χ3v) is 3.29. The molecule has 0 aliphatic carbocycles. The number of hydrogen-bond donors (Lipinski definition) is 3. The molecule has 1 amide bonds. The van der Waals surface area contributed by atoms with E-state index < -0.39 is 0 Å². The fraction of sp³-hybridized carbons (Fsp3) is 0.500. The molecule has 0 bridgehead atoms. The van der Waals surface area contributed by atoms with Crippen molar-refractivity contribution < 1.29 is 14.6 Å². The second-order valence-corrected chi connectivity index (χ2v) is 4.65. The van der Waals surface area contributed by atoms with Gasteiger partial charge in [0.15, 0.2) is 0 Å². The lowest BCUT2D eigenvalue weighted by atomic mass is 10.0. The van der Waals surface area contributed by atoms with Crippen molar-refractivity contribution in [3.8, 4) is 0 Å². The molecule has 104 valence electrons. The summed E-state index contributed by atoms with van der Waals surface area (Å²) in [6.07, 6.45) is 0. The van der Waals surface area contributed by atoms with Gasteiger partial charge in [-0.2, -0.15) is 0 Å². The van der Waals surface area contributed by atoms with Crippen molar-refractivity contribution in [3.05, 3.63) is 29.8 Å². The minimum absolute atomic E-state index is 0.00713. The summed E-state index contributed by atoms with van der Waals surface area (Å²) < 4.78 is 5.36.